The third-order valence-corrected chi connectivity index (χ3v) is 2.36. The van der Waals surface area contributed by atoms with Crippen molar-refractivity contribution in [2.24, 2.45) is 0 Å². The maximum Gasteiger partial charge on any atom is 0.357 e. The van der Waals surface area contributed by atoms with Crippen LogP contribution in [0.25, 0.3) is 4.96 Å². The van der Waals surface area contributed by atoms with Crippen LogP contribution in [0.15, 0.2) is 16.4 Å². The van der Waals surface area contributed by atoms with Crippen LogP contribution in [0.4, 0.5) is 0 Å². The van der Waals surface area contributed by atoms with Crippen LogP contribution < -0.4 is 5.56 Å². The zero-order chi connectivity index (χ0) is 10.8. The molecule has 2 aromatic rings. The third-order valence-electron chi connectivity index (χ3n) is 1.68. The first-order valence-corrected chi connectivity index (χ1v) is 5.11. The fourth-order valence-corrected chi connectivity index (χ4v) is 1.73. The van der Waals surface area contributed by atoms with Crippen LogP contribution in [0.3, 0.4) is 0 Å². The Balaban J connectivity index is 2.63. The van der Waals surface area contributed by atoms with E-state index in [1.807, 2.05) is 0 Å². The van der Waals surface area contributed by atoms with E-state index >= 15 is 0 Å². The highest BCUT2D eigenvalue weighted by Gasteiger charge is 2.14. The summed E-state index contributed by atoms with van der Waals surface area (Å²) in [4.78, 5) is 26.7. The van der Waals surface area contributed by atoms with Crippen molar-refractivity contribution in [1.82, 2.24) is 14.6 Å². The van der Waals surface area contributed by atoms with Crippen molar-refractivity contribution in [3.63, 3.8) is 0 Å². The average Bonchev–Trinajstić information content (AvgIpc) is 2.64. The number of hydrogen-bond acceptors (Lipinski definition) is 6. The molecule has 0 N–H and O–H groups in total. The average molecular weight is 225 g/mol. The van der Waals surface area contributed by atoms with Crippen LogP contribution in [0.5, 0.6) is 0 Å². The number of fused-ring (bicyclic) bond motifs is 1. The van der Waals surface area contributed by atoms with Gasteiger partial charge in [-0.2, -0.15) is 14.6 Å². The fourth-order valence-electron chi connectivity index (χ4n) is 1.11. The third kappa shape index (κ3) is 1.73. The molecular weight excluding hydrogens is 218 g/mol. The number of nitrogens with zero attached hydrogens (tertiary/aromatic N) is 3. The Kier molecular flexibility index (Phi) is 2.46. The normalized spacial score (nSPS) is 10.5. The Labute approximate surface area is 88.1 Å². The number of aromatic nitrogens is 3. The van der Waals surface area contributed by atoms with Gasteiger partial charge < -0.3 is 4.74 Å². The summed E-state index contributed by atoms with van der Waals surface area (Å²) in [5, 5.41) is 3.90. The summed E-state index contributed by atoms with van der Waals surface area (Å²) in [6.07, 6.45) is 0. The van der Waals surface area contributed by atoms with Crippen molar-refractivity contribution in [3.8, 4) is 0 Å². The van der Waals surface area contributed by atoms with Crippen molar-refractivity contribution in [1.29, 1.82) is 0 Å². The van der Waals surface area contributed by atoms with E-state index in [2.05, 4.69) is 10.1 Å². The van der Waals surface area contributed by atoms with E-state index in [-0.39, 0.29) is 12.3 Å². The minimum Gasteiger partial charge on any atom is -0.461 e. The molecule has 0 aliphatic heterocycles. The number of esters is 1. The number of hydrogen-bond donors (Lipinski definition) is 0. The smallest absolute Gasteiger partial charge is 0.357 e. The molecule has 0 aliphatic carbocycles. The van der Waals surface area contributed by atoms with Crippen LogP contribution in [0.2, 0.25) is 0 Å². The molecule has 0 spiro atoms. The van der Waals surface area contributed by atoms with E-state index in [9.17, 15) is 9.59 Å². The van der Waals surface area contributed by atoms with Crippen molar-refractivity contribution < 1.29 is 9.53 Å². The minimum atomic E-state index is -0.571. The Morgan fingerprint density at radius 1 is 1.67 bits per heavy atom. The monoisotopic (exact) mass is 225 g/mol. The maximum atomic E-state index is 11.5. The molecule has 0 aliphatic rings. The lowest BCUT2D eigenvalue weighted by atomic mass is 10.4. The van der Waals surface area contributed by atoms with Gasteiger partial charge in [0.15, 0.2) is 5.69 Å². The molecule has 0 saturated carbocycles. The molecule has 2 rings (SSSR count). The van der Waals surface area contributed by atoms with Gasteiger partial charge in [-0.3, -0.25) is 4.79 Å². The Hall–Kier alpha value is -1.76. The zero-order valence-electron chi connectivity index (χ0n) is 7.84. The van der Waals surface area contributed by atoms with E-state index in [4.69, 9.17) is 4.74 Å². The Morgan fingerprint density at radius 2 is 2.47 bits per heavy atom. The van der Waals surface area contributed by atoms with Crippen LogP contribution in [-0.4, -0.2) is 27.2 Å². The molecule has 0 unspecified atom stereocenters. The van der Waals surface area contributed by atoms with Crippen molar-refractivity contribution in [2.75, 3.05) is 6.61 Å². The molecule has 0 fully saturated rings. The lowest BCUT2D eigenvalue weighted by Crippen LogP contribution is -2.17. The van der Waals surface area contributed by atoms with Crippen LogP contribution >= 0.6 is 11.3 Å². The summed E-state index contributed by atoms with van der Waals surface area (Å²) in [5.41, 5.74) is 1.14. The fraction of sp³-hybridized carbons (Fsp3) is 0.250. The predicted octanol–water partition coefficient (Wildman–Crippen LogP) is 0.328. The minimum absolute atomic E-state index is 0.105. The first kappa shape index (κ1) is 9.78. The number of rotatable bonds is 2. The van der Waals surface area contributed by atoms with Crippen LogP contribution in [-0.2, 0) is 4.74 Å². The van der Waals surface area contributed by atoms with Gasteiger partial charge in [0.05, 0.1) is 6.61 Å². The van der Waals surface area contributed by atoms with E-state index in [1.165, 1.54) is 21.4 Å². The summed E-state index contributed by atoms with van der Waals surface area (Å²) in [7, 11) is 0. The van der Waals surface area contributed by atoms with E-state index in [0.29, 0.717) is 4.96 Å². The molecule has 0 amide bonds. The highest BCUT2D eigenvalue weighted by atomic mass is 32.1. The van der Waals surface area contributed by atoms with Gasteiger partial charge in [0.25, 0.3) is 5.56 Å². The summed E-state index contributed by atoms with van der Waals surface area (Å²) in [5.74, 6) is -0.571. The largest absolute Gasteiger partial charge is 0.461 e. The maximum absolute atomic E-state index is 11.5. The first-order chi connectivity index (χ1) is 7.22. The lowest BCUT2D eigenvalue weighted by Gasteiger charge is -2.01. The van der Waals surface area contributed by atoms with E-state index in [1.54, 1.807) is 6.92 Å². The SMILES string of the molecule is CCOC(=O)c1cc(=O)nc2scnn12. The highest BCUT2D eigenvalue weighted by Crippen LogP contribution is 2.07. The van der Waals surface area contributed by atoms with Gasteiger partial charge in [-0.05, 0) is 6.92 Å². The zero-order valence-corrected chi connectivity index (χ0v) is 8.65. The standard InChI is InChI=1S/C8H7N3O3S/c1-2-14-7(13)5-3-6(12)10-8-11(5)9-4-15-8/h3-4H,2H2,1H3. The van der Waals surface area contributed by atoms with Crippen molar-refractivity contribution >= 4 is 22.3 Å². The highest BCUT2D eigenvalue weighted by molar-refractivity contribution is 7.14. The van der Waals surface area contributed by atoms with Crippen LogP contribution in [0, 0.1) is 0 Å². The molecule has 6 nitrogen and oxygen atoms in total. The molecule has 15 heavy (non-hydrogen) atoms. The van der Waals surface area contributed by atoms with Crippen molar-refractivity contribution in [3.05, 3.63) is 27.6 Å². The Bertz CT molecular complexity index is 560. The topological polar surface area (TPSA) is 73.6 Å². The summed E-state index contributed by atoms with van der Waals surface area (Å²) in [6.45, 7) is 1.95. The van der Waals surface area contributed by atoms with Gasteiger partial charge in [-0.15, -0.1) is 0 Å². The Morgan fingerprint density at radius 3 is 3.20 bits per heavy atom. The van der Waals surface area contributed by atoms with Gasteiger partial charge in [-0.1, -0.05) is 11.3 Å². The molecule has 0 aromatic carbocycles. The number of carbonyl (C=O) groups excluding carboxylic acids is 1. The second-order valence-electron chi connectivity index (χ2n) is 2.63. The molecule has 2 aromatic heterocycles. The van der Waals surface area contributed by atoms with Gasteiger partial charge in [-0.25, -0.2) is 4.79 Å². The molecule has 0 radical (unpaired) electrons. The molecule has 0 saturated heterocycles. The molecular formula is C8H7N3O3S. The summed E-state index contributed by atoms with van der Waals surface area (Å²) in [6, 6.07) is 1.12. The number of ether oxygens (including phenoxy) is 1. The van der Waals surface area contributed by atoms with E-state index < -0.39 is 11.5 Å². The quantitative estimate of drug-likeness (QED) is 0.688. The lowest BCUT2D eigenvalue weighted by molar-refractivity contribution is 0.0516. The van der Waals surface area contributed by atoms with E-state index in [0.717, 1.165) is 6.07 Å². The van der Waals surface area contributed by atoms with Gasteiger partial charge in [0, 0.05) is 6.07 Å². The second-order valence-corrected chi connectivity index (χ2v) is 3.44. The molecule has 78 valence electrons. The molecule has 2 heterocycles. The predicted molar refractivity (Wildman–Crippen MR) is 53.1 cm³/mol. The molecule has 0 bridgehead atoms. The number of carbonyl (C=O) groups is 1. The van der Waals surface area contributed by atoms with Gasteiger partial charge in [0.1, 0.15) is 5.51 Å². The summed E-state index contributed by atoms with van der Waals surface area (Å²) >= 11 is 1.18. The van der Waals surface area contributed by atoms with Crippen LogP contribution in [0.1, 0.15) is 17.4 Å². The van der Waals surface area contributed by atoms with Gasteiger partial charge >= 0.3 is 5.97 Å². The van der Waals surface area contributed by atoms with Gasteiger partial charge in [0.2, 0.25) is 4.96 Å². The molecule has 7 heteroatoms. The summed E-state index contributed by atoms with van der Waals surface area (Å²) < 4.78 is 6.09. The molecule has 0 atom stereocenters. The van der Waals surface area contributed by atoms with Crippen molar-refractivity contribution in [2.45, 2.75) is 6.92 Å². The second kappa shape index (κ2) is 3.77. The first-order valence-electron chi connectivity index (χ1n) is 4.23.